The van der Waals surface area contributed by atoms with Crippen LogP contribution in [0.5, 0.6) is 0 Å². The molecule has 0 aliphatic heterocycles. The topological polar surface area (TPSA) is 12.5 Å². The Bertz CT molecular complexity index is 626. The molecule has 164 valence electrons. The van der Waals surface area contributed by atoms with Crippen molar-refractivity contribution < 1.29 is 4.74 Å². The van der Waals surface area contributed by atoms with E-state index in [1.807, 2.05) is 0 Å². The zero-order chi connectivity index (χ0) is 20.9. The van der Waals surface area contributed by atoms with Crippen LogP contribution < -0.4 is 4.90 Å². The summed E-state index contributed by atoms with van der Waals surface area (Å²) in [6.07, 6.45) is 16.9. The lowest BCUT2D eigenvalue weighted by Crippen LogP contribution is -2.18. The molecular formula is C28H41NO. The van der Waals surface area contributed by atoms with Crippen LogP contribution in [0.1, 0.15) is 84.0 Å². The molecule has 0 bridgehead atoms. The van der Waals surface area contributed by atoms with Crippen molar-refractivity contribution in [3.63, 3.8) is 0 Å². The lowest BCUT2D eigenvalue weighted by atomic mass is 10.1. The molecule has 1 aliphatic rings. The lowest BCUT2D eigenvalue weighted by Gasteiger charge is -2.25. The van der Waals surface area contributed by atoms with Gasteiger partial charge >= 0.3 is 0 Å². The molecule has 1 saturated carbocycles. The maximum absolute atomic E-state index is 6.16. The third kappa shape index (κ3) is 8.14. The Hall–Kier alpha value is -1.80. The number of benzene rings is 2. The fourth-order valence-corrected chi connectivity index (χ4v) is 4.63. The molecule has 2 nitrogen and oxygen atoms in total. The van der Waals surface area contributed by atoms with E-state index >= 15 is 0 Å². The van der Waals surface area contributed by atoms with Crippen molar-refractivity contribution in [2.24, 2.45) is 0 Å². The van der Waals surface area contributed by atoms with Crippen LogP contribution in [0.15, 0.2) is 60.7 Å². The second kappa shape index (κ2) is 13.5. The van der Waals surface area contributed by atoms with Gasteiger partial charge in [-0.05, 0) is 56.9 Å². The second-order valence-corrected chi connectivity index (χ2v) is 8.94. The van der Waals surface area contributed by atoms with E-state index in [-0.39, 0.29) is 0 Å². The fourth-order valence-electron chi connectivity index (χ4n) is 4.63. The molecule has 2 aromatic rings. The van der Waals surface area contributed by atoms with Gasteiger partial charge in [0.1, 0.15) is 0 Å². The van der Waals surface area contributed by atoms with Crippen molar-refractivity contribution in [1.82, 2.24) is 0 Å². The summed E-state index contributed by atoms with van der Waals surface area (Å²) in [5.41, 5.74) is 2.58. The standard InChI is InChI=1S/C28H41NO/c1-25(30-28-22-14-15-23-28)17-9-5-3-2-4-6-16-24-29(26-18-10-7-11-19-26)27-20-12-8-13-21-27/h7-8,10-13,18-21,25,28H,2-6,9,14-17,22-24H2,1H3/t25-/m1/s1. The van der Waals surface area contributed by atoms with Crippen molar-refractivity contribution in [1.29, 1.82) is 0 Å². The maximum atomic E-state index is 6.16. The quantitative estimate of drug-likeness (QED) is 0.292. The van der Waals surface area contributed by atoms with Gasteiger partial charge in [0.05, 0.1) is 12.2 Å². The van der Waals surface area contributed by atoms with Crippen molar-refractivity contribution in [2.75, 3.05) is 11.4 Å². The Morgan fingerprint density at radius 3 is 1.80 bits per heavy atom. The third-order valence-corrected chi connectivity index (χ3v) is 6.36. The number of hydrogen-bond acceptors (Lipinski definition) is 2. The van der Waals surface area contributed by atoms with Crippen molar-refractivity contribution >= 4 is 11.4 Å². The first-order chi connectivity index (χ1) is 14.8. The predicted molar refractivity (Wildman–Crippen MR) is 130 cm³/mol. The minimum Gasteiger partial charge on any atom is -0.375 e. The molecule has 1 fully saturated rings. The number of para-hydroxylation sites is 2. The molecule has 2 aromatic carbocycles. The fraction of sp³-hybridized carbons (Fsp3) is 0.571. The maximum Gasteiger partial charge on any atom is 0.0578 e. The lowest BCUT2D eigenvalue weighted by molar-refractivity contribution is -0.00292. The Morgan fingerprint density at radius 2 is 1.23 bits per heavy atom. The van der Waals surface area contributed by atoms with E-state index in [1.165, 1.54) is 88.4 Å². The number of unbranched alkanes of at least 4 members (excludes halogenated alkanes) is 6. The number of ether oxygens (including phenoxy) is 1. The van der Waals surface area contributed by atoms with E-state index < -0.39 is 0 Å². The number of rotatable bonds is 14. The van der Waals surface area contributed by atoms with Crippen LogP contribution in [-0.4, -0.2) is 18.8 Å². The van der Waals surface area contributed by atoms with Crippen LogP contribution in [0.2, 0.25) is 0 Å². The highest BCUT2D eigenvalue weighted by Gasteiger charge is 2.17. The van der Waals surface area contributed by atoms with Crippen LogP contribution >= 0.6 is 0 Å². The monoisotopic (exact) mass is 407 g/mol. The van der Waals surface area contributed by atoms with Gasteiger partial charge in [-0.1, -0.05) is 87.8 Å². The Balaban J connectivity index is 1.26. The van der Waals surface area contributed by atoms with E-state index in [4.69, 9.17) is 4.74 Å². The van der Waals surface area contributed by atoms with E-state index in [2.05, 4.69) is 72.5 Å². The highest BCUT2D eigenvalue weighted by molar-refractivity contribution is 5.62. The van der Waals surface area contributed by atoms with Crippen LogP contribution in [0.3, 0.4) is 0 Å². The minimum atomic E-state index is 0.454. The zero-order valence-electron chi connectivity index (χ0n) is 19.0. The molecule has 1 aliphatic carbocycles. The van der Waals surface area contributed by atoms with E-state index in [9.17, 15) is 0 Å². The summed E-state index contributed by atoms with van der Waals surface area (Å²) in [5, 5.41) is 0. The molecule has 2 heteroatoms. The molecule has 0 unspecified atom stereocenters. The summed E-state index contributed by atoms with van der Waals surface area (Å²) in [6.45, 7) is 3.35. The summed E-state index contributed by atoms with van der Waals surface area (Å²) in [5.74, 6) is 0. The van der Waals surface area contributed by atoms with Crippen molar-refractivity contribution in [3.8, 4) is 0 Å². The summed E-state index contributed by atoms with van der Waals surface area (Å²) in [6, 6.07) is 21.6. The molecule has 0 amide bonds. The van der Waals surface area contributed by atoms with Gasteiger partial charge in [-0.2, -0.15) is 0 Å². The van der Waals surface area contributed by atoms with Crippen molar-refractivity contribution in [3.05, 3.63) is 60.7 Å². The Labute approximate surface area is 184 Å². The van der Waals surface area contributed by atoms with E-state index in [1.54, 1.807) is 0 Å². The normalized spacial score (nSPS) is 15.4. The molecule has 30 heavy (non-hydrogen) atoms. The van der Waals surface area contributed by atoms with Gasteiger partial charge in [-0.15, -0.1) is 0 Å². The first-order valence-electron chi connectivity index (χ1n) is 12.4. The van der Waals surface area contributed by atoms with Crippen LogP contribution in [0, 0.1) is 0 Å². The first kappa shape index (κ1) is 22.9. The largest absolute Gasteiger partial charge is 0.375 e. The average Bonchev–Trinajstić information content (AvgIpc) is 3.29. The van der Waals surface area contributed by atoms with Gasteiger partial charge in [0.25, 0.3) is 0 Å². The smallest absolute Gasteiger partial charge is 0.0578 e. The molecule has 0 N–H and O–H groups in total. The number of nitrogens with zero attached hydrogens (tertiary/aromatic N) is 1. The van der Waals surface area contributed by atoms with Gasteiger partial charge in [0, 0.05) is 17.9 Å². The Kier molecular flexibility index (Phi) is 10.3. The first-order valence-corrected chi connectivity index (χ1v) is 12.4. The van der Waals surface area contributed by atoms with Gasteiger partial charge in [0.15, 0.2) is 0 Å². The molecule has 0 spiro atoms. The molecule has 0 radical (unpaired) electrons. The van der Waals surface area contributed by atoms with Crippen molar-refractivity contribution in [2.45, 2.75) is 96.2 Å². The number of hydrogen-bond donors (Lipinski definition) is 0. The van der Waals surface area contributed by atoms with Gasteiger partial charge in [0.2, 0.25) is 0 Å². The molecule has 0 aromatic heterocycles. The average molecular weight is 408 g/mol. The molecule has 0 saturated heterocycles. The number of anilines is 2. The van der Waals surface area contributed by atoms with E-state index in [0.29, 0.717) is 12.2 Å². The molecule has 1 atom stereocenters. The molecule has 0 heterocycles. The van der Waals surface area contributed by atoms with Crippen LogP contribution in [0.25, 0.3) is 0 Å². The summed E-state index contributed by atoms with van der Waals surface area (Å²) in [4.78, 5) is 2.45. The molecule has 3 rings (SSSR count). The Morgan fingerprint density at radius 1 is 0.733 bits per heavy atom. The minimum absolute atomic E-state index is 0.454. The van der Waals surface area contributed by atoms with Crippen LogP contribution in [0.4, 0.5) is 11.4 Å². The van der Waals surface area contributed by atoms with Gasteiger partial charge < -0.3 is 9.64 Å². The summed E-state index contributed by atoms with van der Waals surface area (Å²) < 4.78 is 6.16. The second-order valence-electron chi connectivity index (χ2n) is 8.94. The SMILES string of the molecule is C[C@H](CCCCCCCCCN(c1ccccc1)c1ccccc1)OC1CCCC1. The van der Waals surface area contributed by atoms with Gasteiger partial charge in [-0.3, -0.25) is 0 Å². The predicted octanol–water partition coefficient (Wildman–Crippen LogP) is 8.29. The summed E-state index contributed by atoms with van der Waals surface area (Å²) >= 11 is 0. The third-order valence-electron chi connectivity index (χ3n) is 6.36. The zero-order valence-corrected chi connectivity index (χ0v) is 19.0. The highest BCUT2D eigenvalue weighted by atomic mass is 16.5. The van der Waals surface area contributed by atoms with Gasteiger partial charge in [-0.25, -0.2) is 0 Å². The van der Waals surface area contributed by atoms with E-state index in [0.717, 1.165) is 6.54 Å². The summed E-state index contributed by atoms with van der Waals surface area (Å²) in [7, 11) is 0. The van der Waals surface area contributed by atoms with Crippen LogP contribution in [-0.2, 0) is 4.74 Å². The highest BCUT2D eigenvalue weighted by Crippen LogP contribution is 2.26. The molecular weight excluding hydrogens is 366 g/mol.